The molecular formula is C15H23BrN2. The van der Waals surface area contributed by atoms with E-state index in [0.717, 1.165) is 29.9 Å². The highest BCUT2D eigenvalue weighted by molar-refractivity contribution is 9.10. The van der Waals surface area contributed by atoms with Crippen molar-refractivity contribution in [2.24, 2.45) is 11.7 Å². The van der Waals surface area contributed by atoms with E-state index < -0.39 is 0 Å². The molecule has 1 fully saturated rings. The van der Waals surface area contributed by atoms with Gasteiger partial charge in [0.05, 0.1) is 0 Å². The molecule has 1 aromatic rings. The number of nitrogens with zero attached hydrogens (tertiary/aromatic N) is 1. The van der Waals surface area contributed by atoms with Crippen LogP contribution in [0.2, 0.25) is 0 Å². The summed E-state index contributed by atoms with van der Waals surface area (Å²) in [6.07, 6.45) is 4.97. The van der Waals surface area contributed by atoms with E-state index in [2.05, 4.69) is 46.0 Å². The Balaban J connectivity index is 2.21. The Morgan fingerprint density at radius 3 is 2.78 bits per heavy atom. The molecule has 2 N–H and O–H groups in total. The third-order valence-corrected chi connectivity index (χ3v) is 3.96. The molecule has 18 heavy (non-hydrogen) atoms. The molecule has 0 unspecified atom stereocenters. The first-order chi connectivity index (χ1) is 8.74. The van der Waals surface area contributed by atoms with Gasteiger partial charge in [-0.2, -0.15) is 0 Å². The Kier molecular flexibility index (Phi) is 5.07. The second-order valence-electron chi connectivity index (χ2n) is 5.20. The first-order valence-electron chi connectivity index (χ1n) is 6.98. The van der Waals surface area contributed by atoms with Crippen molar-refractivity contribution in [3.63, 3.8) is 0 Å². The van der Waals surface area contributed by atoms with Crippen molar-refractivity contribution in [3.05, 3.63) is 28.2 Å². The number of hydrogen-bond donors (Lipinski definition) is 1. The molecule has 0 atom stereocenters. The molecule has 100 valence electrons. The predicted molar refractivity (Wildman–Crippen MR) is 82.1 cm³/mol. The summed E-state index contributed by atoms with van der Waals surface area (Å²) in [6.45, 7) is 5.32. The topological polar surface area (TPSA) is 29.3 Å². The van der Waals surface area contributed by atoms with Crippen molar-refractivity contribution in [2.75, 3.05) is 24.5 Å². The molecule has 0 aliphatic heterocycles. The summed E-state index contributed by atoms with van der Waals surface area (Å²) >= 11 is 3.59. The Morgan fingerprint density at radius 1 is 1.39 bits per heavy atom. The van der Waals surface area contributed by atoms with Crippen molar-refractivity contribution < 1.29 is 0 Å². The van der Waals surface area contributed by atoms with Gasteiger partial charge in [-0.25, -0.2) is 0 Å². The van der Waals surface area contributed by atoms with Gasteiger partial charge in [-0.1, -0.05) is 28.9 Å². The van der Waals surface area contributed by atoms with Gasteiger partial charge in [0.15, 0.2) is 0 Å². The summed E-state index contributed by atoms with van der Waals surface area (Å²) in [7, 11) is 0. The molecule has 0 aromatic heterocycles. The molecule has 1 saturated carbocycles. The smallest absolute Gasteiger partial charge is 0.0410 e. The average Bonchev–Trinajstić information content (AvgIpc) is 3.15. The average molecular weight is 311 g/mol. The number of anilines is 1. The van der Waals surface area contributed by atoms with Crippen molar-refractivity contribution in [3.8, 4) is 0 Å². The van der Waals surface area contributed by atoms with E-state index in [4.69, 9.17) is 5.73 Å². The van der Waals surface area contributed by atoms with Crippen LogP contribution in [0.3, 0.4) is 0 Å². The van der Waals surface area contributed by atoms with Crippen LogP contribution in [-0.2, 0) is 6.42 Å². The van der Waals surface area contributed by atoms with Crippen LogP contribution in [0.4, 0.5) is 5.69 Å². The molecule has 1 aromatic carbocycles. The first-order valence-corrected chi connectivity index (χ1v) is 7.77. The van der Waals surface area contributed by atoms with E-state index in [1.165, 1.54) is 37.1 Å². The monoisotopic (exact) mass is 310 g/mol. The summed E-state index contributed by atoms with van der Waals surface area (Å²) in [5, 5.41) is 0. The van der Waals surface area contributed by atoms with Crippen LogP contribution < -0.4 is 10.6 Å². The molecule has 0 amide bonds. The van der Waals surface area contributed by atoms with Crippen LogP contribution in [0.15, 0.2) is 22.7 Å². The number of rotatable bonds is 7. The summed E-state index contributed by atoms with van der Waals surface area (Å²) < 4.78 is 1.16. The van der Waals surface area contributed by atoms with Gasteiger partial charge >= 0.3 is 0 Å². The van der Waals surface area contributed by atoms with Gasteiger partial charge in [-0.15, -0.1) is 0 Å². The highest BCUT2D eigenvalue weighted by atomic mass is 79.9. The molecule has 3 heteroatoms. The number of nitrogens with two attached hydrogens (primary N) is 1. The van der Waals surface area contributed by atoms with Crippen LogP contribution in [0.25, 0.3) is 0 Å². The molecular weight excluding hydrogens is 288 g/mol. The molecule has 2 rings (SSSR count). The summed E-state index contributed by atoms with van der Waals surface area (Å²) in [4.78, 5) is 2.55. The van der Waals surface area contributed by atoms with Crippen LogP contribution in [0.1, 0.15) is 31.7 Å². The van der Waals surface area contributed by atoms with Crippen LogP contribution in [0, 0.1) is 5.92 Å². The van der Waals surface area contributed by atoms with E-state index in [1.54, 1.807) is 0 Å². The maximum atomic E-state index is 5.72. The van der Waals surface area contributed by atoms with Gasteiger partial charge in [0.1, 0.15) is 0 Å². The molecule has 0 bridgehead atoms. The highest BCUT2D eigenvalue weighted by Gasteiger charge is 2.25. The van der Waals surface area contributed by atoms with Gasteiger partial charge in [0, 0.05) is 23.2 Å². The fraction of sp³-hybridized carbons (Fsp3) is 0.600. The minimum atomic E-state index is 0.720. The number of benzene rings is 1. The van der Waals surface area contributed by atoms with Crippen LogP contribution in [0.5, 0.6) is 0 Å². The summed E-state index contributed by atoms with van der Waals surface area (Å²) in [6, 6.07) is 6.58. The quantitative estimate of drug-likeness (QED) is 0.834. The van der Waals surface area contributed by atoms with E-state index in [1.807, 2.05) is 0 Å². The normalized spacial score (nSPS) is 14.8. The molecule has 1 aliphatic rings. The Hall–Kier alpha value is -0.540. The van der Waals surface area contributed by atoms with Crippen LogP contribution in [-0.4, -0.2) is 19.6 Å². The maximum absolute atomic E-state index is 5.72. The van der Waals surface area contributed by atoms with Crippen molar-refractivity contribution in [1.82, 2.24) is 0 Å². The molecule has 0 radical (unpaired) electrons. The molecule has 0 spiro atoms. The Bertz CT molecular complexity index is 388. The third-order valence-electron chi connectivity index (χ3n) is 3.47. The fourth-order valence-corrected chi connectivity index (χ4v) is 2.74. The summed E-state index contributed by atoms with van der Waals surface area (Å²) in [5.41, 5.74) is 8.49. The van der Waals surface area contributed by atoms with Gasteiger partial charge in [-0.3, -0.25) is 0 Å². The van der Waals surface area contributed by atoms with Gasteiger partial charge in [0.2, 0.25) is 0 Å². The standard InChI is InChI=1S/C15H23BrN2/c1-2-9-18(11-12-3-4-12)15-10-14(16)6-5-13(15)7-8-17/h5-6,10,12H,2-4,7-9,11,17H2,1H3. The second kappa shape index (κ2) is 6.58. The van der Waals surface area contributed by atoms with Gasteiger partial charge < -0.3 is 10.6 Å². The van der Waals surface area contributed by atoms with E-state index in [9.17, 15) is 0 Å². The molecule has 0 heterocycles. The van der Waals surface area contributed by atoms with E-state index in [0.29, 0.717) is 0 Å². The lowest BCUT2D eigenvalue weighted by molar-refractivity contribution is 0.703. The third kappa shape index (κ3) is 3.72. The second-order valence-corrected chi connectivity index (χ2v) is 6.12. The summed E-state index contributed by atoms with van der Waals surface area (Å²) in [5.74, 6) is 0.918. The van der Waals surface area contributed by atoms with Crippen molar-refractivity contribution in [2.45, 2.75) is 32.6 Å². The predicted octanol–water partition coefficient (Wildman–Crippen LogP) is 3.58. The first kappa shape index (κ1) is 13.9. The lowest BCUT2D eigenvalue weighted by Gasteiger charge is -2.27. The molecule has 1 aliphatic carbocycles. The zero-order valence-corrected chi connectivity index (χ0v) is 12.7. The molecule has 0 saturated heterocycles. The minimum absolute atomic E-state index is 0.720. The van der Waals surface area contributed by atoms with E-state index >= 15 is 0 Å². The van der Waals surface area contributed by atoms with E-state index in [-0.39, 0.29) is 0 Å². The largest absolute Gasteiger partial charge is 0.371 e. The van der Waals surface area contributed by atoms with Crippen molar-refractivity contribution >= 4 is 21.6 Å². The lowest BCUT2D eigenvalue weighted by Crippen LogP contribution is -2.28. The van der Waals surface area contributed by atoms with Gasteiger partial charge in [-0.05, 0) is 55.8 Å². The Labute approximate surface area is 119 Å². The van der Waals surface area contributed by atoms with Crippen LogP contribution >= 0.6 is 15.9 Å². The fourth-order valence-electron chi connectivity index (χ4n) is 2.39. The Morgan fingerprint density at radius 2 is 2.17 bits per heavy atom. The lowest BCUT2D eigenvalue weighted by atomic mass is 10.1. The zero-order valence-electron chi connectivity index (χ0n) is 11.2. The SMILES string of the molecule is CCCN(CC1CC1)c1cc(Br)ccc1CCN. The van der Waals surface area contributed by atoms with Gasteiger partial charge in [0.25, 0.3) is 0 Å². The number of hydrogen-bond acceptors (Lipinski definition) is 2. The zero-order chi connectivity index (χ0) is 13.0. The maximum Gasteiger partial charge on any atom is 0.0410 e. The highest BCUT2D eigenvalue weighted by Crippen LogP contribution is 2.33. The molecule has 2 nitrogen and oxygen atoms in total. The van der Waals surface area contributed by atoms with Crippen molar-refractivity contribution in [1.29, 1.82) is 0 Å². The minimum Gasteiger partial charge on any atom is -0.371 e. The number of halogens is 1.